The quantitative estimate of drug-likeness (QED) is 0.633. The SMILES string of the molecule is COc1ccc(F)cc1CN=C(N)NC1CCC1. The molecule has 1 saturated carbocycles. The molecule has 0 unspecified atom stereocenters. The minimum Gasteiger partial charge on any atom is -0.496 e. The van der Waals surface area contributed by atoms with Gasteiger partial charge in [0, 0.05) is 11.6 Å². The average Bonchev–Trinajstić information content (AvgIpc) is 2.31. The summed E-state index contributed by atoms with van der Waals surface area (Å²) >= 11 is 0. The Morgan fingerprint density at radius 1 is 1.56 bits per heavy atom. The Balaban J connectivity index is 1.99. The van der Waals surface area contributed by atoms with E-state index >= 15 is 0 Å². The molecular formula is C13H18FN3O. The molecule has 0 aliphatic heterocycles. The number of rotatable bonds is 4. The number of nitrogens with zero attached hydrogens (tertiary/aromatic N) is 1. The Kier molecular flexibility index (Phi) is 4.02. The third-order valence-corrected chi connectivity index (χ3v) is 3.12. The van der Waals surface area contributed by atoms with Gasteiger partial charge in [-0.1, -0.05) is 0 Å². The Bertz CT molecular complexity index is 444. The highest BCUT2D eigenvalue weighted by atomic mass is 19.1. The minimum atomic E-state index is -0.300. The molecule has 18 heavy (non-hydrogen) atoms. The van der Waals surface area contributed by atoms with Crippen molar-refractivity contribution < 1.29 is 9.13 Å². The first-order valence-electron chi connectivity index (χ1n) is 6.08. The van der Waals surface area contributed by atoms with Crippen LogP contribution in [0.2, 0.25) is 0 Å². The molecule has 98 valence electrons. The predicted octanol–water partition coefficient (Wildman–Crippen LogP) is 1.79. The fraction of sp³-hybridized carbons (Fsp3) is 0.462. The van der Waals surface area contributed by atoms with Gasteiger partial charge in [0.1, 0.15) is 11.6 Å². The molecule has 0 heterocycles. The van der Waals surface area contributed by atoms with Crippen LogP contribution in [0.15, 0.2) is 23.2 Å². The Morgan fingerprint density at radius 2 is 2.33 bits per heavy atom. The van der Waals surface area contributed by atoms with E-state index in [1.165, 1.54) is 18.6 Å². The molecule has 1 aliphatic rings. The Labute approximate surface area is 106 Å². The number of nitrogens with one attached hydrogen (secondary N) is 1. The predicted molar refractivity (Wildman–Crippen MR) is 69.1 cm³/mol. The zero-order valence-corrected chi connectivity index (χ0v) is 10.4. The van der Waals surface area contributed by atoms with Gasteiger partial charge in [-0.15, -0.1) is 0 Å². The number of halogens is 1. The van der Waals surface area contributed by atoms with E-state index in [0.29, 0.717) is 29.9 Å². The summed E-state index contributed by atoms with van der Waals surface area (Å²) in [5, 5.41) is 3.13. The number of benzene rings is 1. The summed E-state index contributed by atoms with van der Waals surface area (Å²) in [5.74, 6) is 0.731. The van der Waals surface area contributed by atoms with Crippen LogP contribution in [0.3, 0.4) is 0 Å². The van der Waals surface area contributed by atoms with Crippen LogP contribution >= 0.6 is 0 Å². The van der Waals surface area contributed by atoms with Crippen molar-refractivity contribution in [3.8, 4) is 5.75 Å². The van der Waals surface area contributed by atoms with Gasteiger partial charge in [-0.05, 0) is 37.5 Å². The second-order valence-electron chi connectivity index (χ2n) is 4.43. The van der Waals surface area contributed by atoms with Crippen molar-refractivity contribution in [1.29, 1.82) is 0 Å². The van der Waals surface area contributed by atoms with Crippen LogP contribution in [0, 0.1) is 5.82 Å². The molecule has 0 bridgehead atoms. The lowest BCUT2D eigenvalue weighted by molar-refractivity contribution is 0.382. The first kappa shape index (κ1) is 12.7. The summed E-state index contributed by atoms with van der Waals surface area (Å²) in [6, 6.07) is 4.82. The van der Waals surface area contributed by atoms with Crippen LogP contribution in [-0.2, 0) is 6.54 Å². The highest BCUT2D eigenvalue weighted by Gasteiger charge is 2.17. The van der Waals surface area contributed by atoms with Crippen molar-refractivity contribution in [1.82, 2.24) is 5.32 Å². The summed E-state index contributed by atoms with van der Waals surface area (Å²) in [6.07, 6.45) is 3.52. The van der Waals surface area contributed by atoms with Gasteiger partial charge in [-0.25, -0.2) is 9.38 Å². The Morgan fingerprint density at radius 3 is 2.94 bits per heavy atom. The van der Waals surface area contributed by atoms with Gasteiger partial charge < -0.3 is 15.8 Å². The molecule has 0 saturated heterocycles. The van der Waals surface area contributed by atoms with Crippen LogP contribution in [0.1, 0.15) is 24.8 Å². The molecule has 1 aliphatic carbocycles. The van der Waals surface area contributed by atoms with E-state index in [2.05, 4.69) is 10.3 Å². The van der Waals surface area contributed by atoms with Gasteiger partial charge in [0.25, 0.3) is 0 Å². The Hall–Kier alpha value is -1.78. The second kappa shape index (κ2) is 5.71. The molecule has 5 heteroatoms. The van der Waals surface area contributed by atoms with Gasteiger partial charge in [0.05, 0.1) is 13.7 Å². The van der Waals surface area contributed by atoms with Crippen LogP contribution in [0.25, 0.3) is 0 Å². The molecule has 2 rings (SSSR count). The first-order chi connectivity index (χ1) is 8.69. The van der Waals surface area contributed by atoms with Crippen LogP contribution < -0.4 is 15.8 Å². The molecule has 4 nitrogen and oxygen atoms in total. The van der Waals surface area contributed by atoms with E-state index in [9.17, 15) is 4.39 Å². The summed E-state index contributed by atoms with van der Waals surface area (Å²) in [6.45, 7) is 0.312. The summed E-state index contributed by atoms with van der Waals surface area (Å²) in [7, 11) is 1.55. The fourth-order valence-corrected chi connectivity index (χ4v) is 1.85. The van der Waals surface area contributed by atoms with Crippen molar-refractivity contribution >= 4 is 5.96 Å². The maximum atomic E-state index is 13.1. The maximum Gasteiger partial charge on any atom is 0.189 e. The number of hydrogen-bond donors (Lipinski definition) is 2. The summed E-state index contributed by atoms with van der Waals surface area (Å²) in [4.78, 5) is 4.20. The van der Waals surface area contributed by atoms with Gasteiger partial charge >= 0.3 is 0 Å². The van der Waals surface area contributed by atoms with Crippen molar-refractivity contribution in [2.24, 2.45) is 10.7 Å². The van der Waals surface area contributed by atoms with Gasteiger partial charge in [0.2, 0.25) is 0 Å². The third kappa shape index (κ3) is 3.12. The highest BCUT2D eigenvalue weighted by molar-refractivity contribution is 5.78. The van der Waals surface area contributed by atoms with Crippen molar-refractivity contribution in [2.45, 2.75) is 31.8 Å². The topological polar surface area (TPSA) is 59.6 Å². The van der Waals surface area contributed by atoms with E-state index in [-0.39, 0.29) is 5.82 Å². The number of nitrogens with two attached hydrogens (primary N) is 1. The van der Waals surface area contributed by atoms with Crippen LogP contribution in [0.4, 0.5) is 4.39 Å². The normalized spacial score (nSPS) is 16.2. The van der Waals surface area contributed by atoms with Crippen molar-refractivity contribution in [3.63, 3.8) is 0 Å². The maximum absolute atomic E-state index is 13.1. The zero-order valence-electron chi connectivity index (χ0n) is 10.4. The minimum absolute atomic E-state index is 0.300. The lowest BCUT2D eigenvalue weighted by Crippen LogP contribution is -2.43. The number of aliphatic imine (C=N–C) groups is 1. The van der Waals surface area contributed by atoms with Gasteiger partial charge in [-0.2, -0.15) is 0 Å². The third-order valence-electron chi connectivity index (χ3n) is 3.12. The smallest absolute Gasteiger partial charge is 0.189 e. The molecular weight excluding hydrogens is 233 g/mol. The summed E-state index contributed by atoms with van der Waals surface area (Å²) < 4.78 is 18.3. The molecule has 0 atom stereocenters. The van der Waals surface area contributed by atoms with Crippen molar-refractivity contribution in [3.05, 3.63) is 29.6 Å². The monoisotopic (exact) mass is 251 g/mol. The number of ether oxygens (including phenoxy) is 1. The van der Waals surface area contributed by atoms with Crippen LogP contribution in [-0.4, -0.2) is 19.1 Å². The molecule has 3 N–H and O–H groups in total. The number of methoxy groups -OCH3 is 1. The molecule has 1 aromatic carbocycles. The van der Waals surface area contributed by atoms with Gasteiger partial charge in [-0.3, -0.25) is 0 Å². The first-order valence-corrected chi connectivity index (χ1v) is 6.08. The number of hydrogen-bond acceptors (Lipinski definition) is 2. The van der Waals surface area contributed by atoms with E-state index in [1.807, 2.05) is 0 Å². The molecule has 1 aromatic rings. The van der Waals surface area contributed by atoms with Crippen LogP contribution in [0.5, 0.6) is 5.75 Å². The molecule has 0 spiro atoms. The van der Waals surface area contributed by atoms with E-state index in [0.717, 1.165) is 12.8 Å². The molecule has 0 aromatic heterocycles. The van der Waals surface area contributed by atoms with E-state index in [4.69, 9.17) is 10.5 Å². The lowest BCUT2D eigenvalue weighted by Gasteiger charge is -2.26. The van der Waals surface area contributed by atoms with Crippen molar-refractivity contribution in [2.75, 3.05) is 7.11 Å². The standard InChI is InChI=1S/C13H18FN3O/c1-18-12-6-5-10(14)7-9(12)8-16-13(15)17-11-3-2-4-11/h5-7,11H,2-4,8H2,1H3,(H3,15,16,17). The summed E-state index contributed by atoms with van der Waals surface area (Å²) in [5.41, 5.74) is 6.46. The van der Waals surface area contributed by atoms with Gasteiger partial charge in [0.15, 0.2) is 5.96 Å². The molecule has 1 fully saturated rings. The average molecular weight is 251 g/mol. The highest BCUT2D eigenvalue weighted by Crippen LogP contribution is 2.20. The lowest BCUT2D eigenvalue weighted by atomic mass is 9.93. The zero-order chi connectivity index (χ0) is 13.0. The largest absolute Gasteiger partial charge is 0.496 e. The number of guanidine groups is 1. The fourth-order valence-electron chi connectivity index (χ4n) is 1.85. The van der Waals surface area contributed by atoms with E-state index < -0.39 is 0 Å². The molecule has 0 radical (unpaired) electrons. The molecule has 0 amide bonds. The van der Waals surface area contributed by atoms with E-state index in [1.54, 1.807) is 13.2 Å². The second-order valence-corrected chi connectivity index (χ2v) is 4.43.